The number of esters is 1. The predicted molar refractivity (Wildman–Crippen MR) is 121 cm³/mol. The van der Waals surface area contributed by atoms with Crippen molar-refractivity contribution in [3.05, 3.63) is 35.9 Å². The van der Waals surface area contributed by atoms with Gasteiger partial charge in [0.25, 0.3) is 5.79 Å². The number of amides is 1. The van der Waals surface area contributed by atoms with Gasteiger partial charge < -0.3 is 60.0 Å². The summed E-state index contributed by atoms with van der Waals surface area (Å²) in [6.45, 7) is -0.458. The van der Waals surface area contributed by atoms with Crippen LogP contribution in [0.2, 0.25) is 0 Å². The Morgan fingerprint density at radius 3 is 2.34 bits per heavy atom. The Labute approximate surface area is 216 Å². The summed E-state index contributed by atoms with van der Waals surface area (Å²) in [5, 5.41) is 73.8. The third kappa shape index (κ3) is 6.45. The minimum Gasteiger partial charge on any atom is -0.477 e. The van der Waals surface area contributed by atoms with Crippen molar-refractivity contribution in [2.75, 3.05) is 13.2 Å². The number of aliphatic hydroxyl groups is 6. The summed E-state index contributed by atoms with van der Waals surface area (Å²) < 4.78 is 21.4. The van der Waals surface area contributed by atoms with Gasteiger partial charge in [-0.3, -0.25) is 4.79 Å². The normalized spacial score (nSPS) is 35.1. The van der Waals surface area contributed by atoms with Gasteiger partial charge in [-0.05, 0) is 12.1 Å². The molecule has 0 aliphatic carbocycles. The van der Waals surface area contributed by atoms with Gasteiger partial charge in [-0.1, -0.05) is 18.2 Å². The molecule has 15 heteroatoms. The van der Waals surface area contributed by atoms with Gasteiger partial charge in [0.15, 0.2) is 12.4 Å². The van der Waals surface area contributed by atoms with Crippen molar-refractivity contribution in [2.45, 2.75) is 74.2 Å². The number of ether oxygens (including phenoxy) is 4. The summed E-state index contributed by atoms with van der Waals surface area (Å²) in [5.41, 5.74) is 0.0649. The average Bonchev–Trinajstić information content (AvgIpc) is 2.88. The minimum atomic E-state index is -2.85. The van der Waals surface area contributed by atoms with Gasteiger partial charge >= 0.3 is 11.9 Å². The molecule has 1 amide bonds. The van der Waals surface area contributed by atoms with E-state index in [0.717, 1.165) is 6.92 Å². The van der Waals surface area contributed by atoms with Gasteiger partial charge in [-0.15, -0.1) is 0 Å². The summed E-state index contributed by atoms with van der Waals surface area (Å²) >= 11 is 0. The quantitative estimate of drug-likeness (QED) is 0.140. The lowest BCUT2D eigenvalue weighted by Crippen LogP contribution is -2.70. The van der Waals surface area contributed by atoms with Crippen molar-refractivity contribution in [1.29, 1.82) is 0 Å². The van der Waals surface area contributed by atoms with E-state index in [9.17, 15) is 50.1 Å². The van der Waals surface area contributed by atoms with Crippen LogP contribution in [-0.2, 0) is 28.5 Å². The Kier molecular flexibility index (Phi) is 9.74. The number of carboxylic acid groups (broad SMARTS) is 1. The smallest absolute Gasteiger partial charge is 0.364 e. The first-order chi connectivity index (χ1) is 17.9. The van der Waals surface area contributed by atoms with Crippen LogP contribution in [-0.4, -0.2) is 128 Å². The van der Waals surface area contributed by atoms with Crippen LogP contribution in [0, 0.1) is 0 Å². The van der Waals surface area contributed by atoms with Gasteiger partial charge in [0.1, 0.15) is 30.5 Å². The molecule has 3 rings (SSSR count). The molecule has 0 spiro atoms. The van der Waals surface area contributed by atoms with Crippen molar-refractivity contribution in [3.63, 3.8) is 0 Å². The Balaban J connectivity index is 1.94. The largest absolute Gasteiger partial charge is 0.477 e. The van der Waals surface area contributed by atoms with E-state index < -0.39 is 98.3 Å². The third-order valence-corrected chi connectivity index (χ3v) is 6.19. The summed E-state index contributed by atoms with van der Waals surface area (Å²) in [5.74, 6) is -6.35. The molecule has 15 nitrogen and oxygen atoms in total. The van der Waals surface area contributed by atoms with E-state index in [1.54, 1.807) is 18.2 Å². The third-order valence-electron chi connectivity index (χ3n) is 6.19. The zero-order valence-electron chi connectivity index (χ0n) is 20.2. The molecule has 0 aromatic heterocycles. The highest BCUT2D eigenvalue weighted by molar-refractivity contribution is 5.89. The SMILES string of the molecule is CC(=O)NC1C(O)CC(OC2C(O)COC(O)C2OC(=O)c2ccccc2)(C(=O)O)OC1[C@H](O)[C@H](O)CO. The molecule has 8 unspecified atom stereocenters. The molecule has 8 N–H and O–H groups in total. The van der Waals surface area contributed by atoms with Gasteiger partial charge in [0.05, 0.1) is 30.9 Å². The van der Waals surface area contributed by atoms with Crippen LogP contribution in [0.4, 0.5) is 0 Å². The van der Waals surface area contributed by atoms with E-state index in [4.69, 9.17) is 18.9 Å². The fourth-order valence-corrected chi connectivity index (χ4v) is 4.27. The molecule has 1 aromatic carbocycles. The van der Waals surface area contributed by atoms with Crippen molar-refractivity contribution < 1.29 is 69.1 Å². The number of nitrogens with one attached hydrogen (secondary N) is 1. The number of carbonyl (C=O) groups excluding carboxylic acids is 2. The van der Waals surface area contributed by atoms with Gasteiger partial charge in [-0.25, -0.2) is 9.59 Å². The van der Waals surface area contributed by atoms with E-state index in [2.05, 4.69) is 5.32 Å². The van der Waals surface area contributed by atoms with Crippen LogP contribution in [0.15, 0.2) is 30.3 Å². The van der Waals surface area contributed by atoms with Crippen LogP contribution in [0.5, 0.6) is 0 Å². The second-order valence-corrected chi connectivity index (χ2v) is 8.99. The number of hydrogen-bond donors (Lipinski definition) is 8. The topological polar surface area (TPSA) is 242 Å². The number of benzene rings is 1. The Morgan fingerprint density at radius 1 is 1.11 bits per heavy atom. The average molecular weight is 545 g/mol. The van der Waals surface area contributed by atoms with Crippen LogP contribution in [0.25, 0.3) is 0 Å². The molecule has 2 fully saturated rings. The van der Waals surface area contributed by atoms with E-state index in [0.29, 0.717) is 0 Å². The second-order valence-electron chi connectivity index (χ2n) is 8.99. The molecule has 2 aliphatic rings. The van der Waals surface area contributed by atoms with E-state index in [1.807, 2.05) is 0 Å². The molecule has 2 saturated heterocycles. The van der Waals surface area contributed by atoms with E-state index in [-0.39, 0.29) is 5.56 Å². The molecule has 0 bridgehead atoms. The van der Waals surface area contributed by atoms with Crippen molar-refractivity contribution >= 4 is 17.8 Å². The fourth-order valence-electron chi connectivity index (χ4n) is 4.27. The Bertz CT molecular complexity index is 978. The molecule has 10 atom stereocenters. The second kappa shape index (κ2) is 12.4. The molecule has 212 valence electrons. The lowest BCUT2D eigenvalue weighted by molar-refractivity contribution is -0.355. The number of carbonyl (C=O) groups is 3. The van der Waals surface area contributed by atoms with Gasteiger partial charge in [0, 0.05) is 13.3 Å². The Hall–Kier alpha value is -2.73. The summed E-state index contributed by atoms with van der Waals surface area (Å²) in [7, 11) is 0. The molecule has 1 aromatic rings. The lowest BCUT2D eigenvalue weighted by atomic mass is 9.88. The van der Waals surface area contributed by atoms with Crippen molar-refractivity contribution in [2.24, 2.45) is 0 Å². The monoisotopic (exact) mass is 545 g/mol. The summed E-state index contributed by atoms with van der Waals surface area (Å²) in [4.78, 5) is 36.7. The highest BCUT2D eigenvalue weighted by Gasteiger charge is 2.59. The number of aliphatic hydroxyl groups excluding tert-OH is 6. The molecule has 0 saturated carbocycles. The molecular weight excluding hydrogens is 514 g/mol. The molecule has 0 radical (unpaired) electrons. The fraction of sp³-hybridized carbons (Fsp3) is 0.609. The lowest BCUT2D eigenvalue weighted by Gasteiger charge is -2.49. The van der Waals surface area contributed by atoms with Crippen molar-refractivity contribution in [3.8, 4) is 0 Å². The number of aliphatic carboxylic acids is 1. The zero-order chi connectivity index (χ0) is 28.2. The van der Waals surface area contributed by atoms with Crippen LogP contribution in [0.3, 0.4) is 0 Å². The highest BCUT2D eigenvalue weighted by Crippen LogP contribution is 2.37. The molecular formula is C23H31NO14. The number of carboxylic acids is 1. The van der Waals surface area contributed by atoms with E-state index >= 15 is 0 Å². The maximum atomic E-state index is 12.6. The highest BCUT2D eigenvalue weighted by atomic mass is 16.7. The summed E-state index contributed by atoms with van der Waals surface area (Å²) in [6, 6.07) is 6.09. The first-order valence-corrected chi connectivity index (χ1v) is 11.6. The molecule has 2 aliphatic heterocycles. The van der Waals surface area contributed by atoms with Gasteiger partial charge in [-0.2, -0.15) is 0 Å². The summed E-state index contributed by atoms with van der Waals surface area (Å²) in [6.07, 6.45) is -15.4. The van der Waals surface area contributed by atoms with Crippen LogP contribution < -0.4 is 5.32 Å². The number of hydrogen-bond acceptors (Lipinski definition) is 13. The van der Waals surface area contributed by atoms with Gasteiger partial charge in [0.2, 0.25) is 5.91 Å². The predicted octanol–water partition coefficient (Wildman–Crippen LogP) is -3.54. The Morgan fingerprint density at radius 2 is 1.76 bits per heavy atom. The van der Waals surface area contributed by atoms with Crippen LogP contribution in [0.1, 0.15) is 23.7 Å². The zero-order valence-corrected chi connectivity index (χ0v) is 20.2. The maximum Gasteiger partial charge on any atom is 0.364 e. The first-order valence-electron chi connectivity index (χ1n) is 11.6. The number of rotatable bonds is 9. The standard InChI is InChI=1S/C23H31NO14/c1-10(26)24-15-12(27)7-23(22(33)34,38-18(15)16(30)13(28)8-25)37-17-14(29)9-35-21(32)19(17)36-20(31)11-5-3-2-4-6-11/h2-6,12-19,21,25,27-30,32H,7-9H2,1H3,(H,24,26)(H,33,34)/t12?,13-,14?,15?,16-,17?,18?,19?,21?,23?/m1/s1. The van der Waals surface area contributed by atoms with Crippen LogP contribution >= 0.6 is 0 Å². The molecule has 2 heterocycles. The minimum absolute atomic E-state index is 0.0649. The van der Waals surface area contributed by atoms with E-state index in [1.165, 1.54) is 12.1 Å². The van der Waals surface area contributed by atoms with Crippen molar-refractivity contribution in [1.82, 2.24) is 5.32 Å². The first kappa shape index (κ1) is 29.8. The maximum absolute atomic E-state index is 12.6. The molecule has 38 heavy (non-hydrogen) atoms.